The van der Waals surface area contributed by atoms with E-state index in [1.165, 1.54) is 31.1 Å². The van der Waals surface area contributed by atoms with Crippen LogP contribution in [0.3, 0.4) is 0 Å². The van der Waals surface area contributed by atoms with Gasteiger partial charge in [-0.25, -0.2) is 4.39 Å². The van der Waals surface area contributed by atoms with Gasteiger partial charge >= 0.3 is 11.9 Å². The molecule has 12 heteroatoms. The number of halogens is 3. The average molecular weight is 519 g/mol. The van der Waals surface area contributed by atoms with Gasteiger partial charge in [-0.2, -0.15) is 5.26 Å². The third-order valence-electron chi connectivity index (χ3n) is 6.42. The number of carboxylic acids is 2. The Morgan fingerprint density at radius 1 is 1.36 bits per heavy atom. The molecule has 2 rings (SSSR count). The topological polar surface area (TPSA) is 135 Å². The molecular weight excluding hydrogens is 494 g/mol. The summed E-state index contributed by atoms with van der Waals surface area (Å²) in [5.41, 5.74) is -3.23. The summed E-state index contributed by atoms with van der Waals surface area (Å²) in [7, 11) is 0. The van der Waals surface area contributed by atoms with Gasteiger partial charge in [0.15, 0.2) is 6.19 Å². The summed E-state index contributed by atoms with van der Waals surface area (Å²) < 4.78 is 14.3. The number of nitrogens with zero attached hydrogens (tertiary/aromatic N) is 2. The quantitative estimate of drug-likeness (QED) is 0.121. The Hall–Kier alpha value is -2.06. The van der Waals surface area contributed by atoms with Crippen LogP contribution >= 0.6 is 35.0 Å². The smallest absolute Gasteiger partial charge is 0.311 e. The van der Waals surface area contributed by atoms with E-state index < -0.39 is 47.4 Å². The van der Waals surface area contributed by atoms with Gasteiger partial charge in [-0.05, 0) is 25.0 Å². The molecule has 4 N–H and O–H groups in total. The molecule has 33 heavy (non-hydrogen) atoms. The summed E-state index contributed by atoms with van der Waals surface area (Å²) in [5, 5.41) is 34.7. The second-order valence-corrected chi connectivity index (χ2v) is 9.64. The summed E-state index contributed by atoms with van der Waals surface area (Å²) in [4.78, 5) is 29.5. The highest BCUT2D eigenvalue weighted by molar-refractivity contribution is 7.99. The average Bonchev–Trinajstić information content (AvgIpc) is 2.78. The van der Waals surface area contributed by atoms with Crippen molar-refractivity contribution >= 4 is 53.2 Å². The fourth-order valence-electron chi connectivity index (χ4n) is 4.73. The van der Waals surface area contributed by atoms with Crippen LogP contribution in [0.15, 0.2) is 23.2 Å². The molecule has 0 radical (unpaired) electrons. The predicted molar refractivity (Wildman–Crippen MR) is 127 cm³/mol. The van der Waals surface area contributed by atoms with Crippen molar-refractivity contribution in [2.75, 3.05) is 18.3 Å². The van der Waals surface area contributed by atoms with Crippen LogP contribution in [-0.2, 0) is 9.59 Å². The Balaban J connectivity index is 2.68. The fourth-order valence-corrected chi connectivity index (χ4v) is 6.06. The largest absolute Gasteiger partial charge is 0.481 e. The Kier molecular flexibility index (Phi) is 9.38. The molecule has 1 heterocycles. The third kappa shape index (κ3) is 4.92. The first-order chi connectivity index (χ1) is 15.6. The number of carboxylic acid groups (broad SMARTS) is 2. The van der Waals surface area contributed by atoms with E-state index >= 15 is 0 Å². The van der Waals surface area contributed by atoms with Crippen LogP contribution in [0.1, 0.15) is 31.7 Å². The minimum atomic E-state index is -1.84. The summed E-state index contributed by atoms with van der Waals surface area (Å²) >= 11 is 13.9. The van der Waals surface area contributed by atoms with Gasteiger partial charge in [0.1, 0.15) is 6.67 Å². The molecule has 180 valence electrons. The SMILES string of the molecule is CCC1(C(=O)O)C(CSCN=CNC#N)NC(CF)C(C)(C(=O)O)C1c1cccc(Cl)c1Cl. The maximum absolute atomic E-state index is 14.3. The second-order valence-electron chi connectivity index (χ2n) is 7.86. The second kappa shape index (κ2) is 11.4. The number of aliphatic imine (C=N–C) groups is 1. The molecule has 0 bridgehead atoms. The molecule has 5 atom stereocenters. The zero-order valence-electron chi connectivity index (χ0n) is 18.0. The van der Waals surface area contributed by atoms with Gasteiger partial charge in [0.25, 0.3) is 0 Å². The van der Waals surface area contributed by atoms with Gasteiger partial charge < -0.3 is 15.5 Å². The Morgan fingerprint density at radius 2 is 2.06 bits per heavy atom. The lowest BCUT2D eigenvalue weighted by molar-refractivity contribution is -0.172. The number of nitriles is 1. The van der Waals surface area contributed by atoms with Crippen molar-refractivity contribution in [3.8, 4) is 6.19 Å². The summed E-state index contributed by atoms with van der Waals surface area (Å²) in [6.45, 7) is 1.98. The molecule has 1 fully saturated rings. The van der Waals surface area contributed by atoms with E-state index in [4.69, 9.17) is 28.5 Å². The van der Waals surface area contributed by atoms with Crippen molar-refractivity contribution in [1.29, 1.82) is 5.26 Å². The Morgan fingerprint density at radius 3 is 2.61 bits per heavy atom. The van der Waals surface area contributed by atoms with E-state index in [2.05, 4.69) is 15.6 Å². The molecule has 0 aliphatic carbocycles. The number of nitrogens with one attached hydrogen (secondary N) is 2. The van der Waals surface area contributed by atoms with Crippen LogP contribution in [0.5, 0.6) is 0 Å². The predicted octanol–water partition coefficient (Wildman–Crippen LogP) is 3.75. The summed E-state index contributed by atoms with van der Waals surface area (Å²) in [5.74, 6) is -3.33. The highest BCUT2D eigenvalue weighted by Gasteiger charge is 2.66. The normalized spacial score (nSPS) is 29.5. The van der Waals surface area contributed by atoms with Gasteiger partial charge in [0.2, 0.25) is 0 Å². The molecule has 0 amide bonds. The van der Waals surface area contributed by atoms with E-state index in [0.717, 1.165) is 0 Å². The third-order valence-corrected chi connectivity index (χ3v) is 8.16. The van der Waals surface area contributed by atoms with Crippen molar-refractivity contribution in [3.05, 3.63) is 33.8 Å². The lowest BCUT2D eigenvalue weighted by Crippen LogP contribution is -2.71. The zero-order chi connectivity index (χ0) is 24.8. The van der Waals surface area contributed by atoms with Crippen LogP contribution in [0.2, 0.25) is 10.0 Å². The maximum atomic E-state index is 14.3. The Labute approximate surface area is 205 Å². The molecule has 1 saturated heterocycles. The summed E-state index contributed by atoms with van der Waals surface area (Å²) in [6, 6.07) is 2.66. The maximum Gasteiger partial charge on any atom is 0.311 e. The molecule has 0 aromatic heterocycles. The van der Waals surface area contributed by atoms with Crippen molar-refractivity contribution in [2.45, 2.75) is 38.3 Å². The number of thioether (sulfide) groups is 1. The van der Waals surface area contributed by atoms with Crippen molar-refractivity contribution in [1.82, 2.24) is 10.6 Å². The minimum absolute atomic E-state index is 0.0498. The molecule has 0 saturated carbocycles. The van der Waals surface area contributed by atoms with Crippen molar-refractivity contribution < 1.29 is 24.2 Å². The van der Waals surface area contributed by atoms with Crippen LogP contribution in [0.4, 0.5) is 4.39 Å². The molecule has 0 spiro atoms. The number of hydrogen-bond donors (Lipinski definition) is 4. The molecule has 1 aliphatic rings. The van der Waals surface area contributed by atoms with E-state index in [9.17, 15) is 24.2 Å². The number of benzene rings is 1. The van der Waals surface area contributed by atoms with Gasteiger partial charge in [0.05, 0.1) is 39.1 Å². The van der Waals surface area contributed by atoms with E-state index in [1.54, 1.807) is 25.2 Å². The molecule has 1 aliphatic heterocycles. The van der Waals surface area contributed by atoms with Gasteiger partial charge in [-0.3, -0.25) is 19.9 Å². The Bertz CT molecular complexity index is 963. The number of carbonyl (C=O) groups is 2. The molecular formula is C21H25Cl2FN4O4S. The van der Waals surface area contributed by atoms with E-state index in [0.29, 0.717) is 0 Å². The first-order valence-corrected chi connectivity index (χ1v) is 12.0. The van der Waals surface area contributed by atoms with Gasteiger partial charge in [0, 0.05) is 17.7 Å². The van der Waals surface area contributed by atoms with E-state index in [1.807, 2.05) is 0 Å². The highest BCUT2D eigenvalue weighted by atomic mass is 35.5. The van der Waals surface area contributed by atoms with Crippen LogP contribution in [0.25, 0.3) is 0 Å². The molecule has 1 aromatic rings. The van der Waals surface area contributed by atoms with E-state index in [-0.39, 0.29) is 33.7 Å². The number of hydrogen-bond acceptors (Lipinski definition) is 6. The fraction of sp³-hybridized carbons (Fsp3) is 0.524. The molecule has 1 aromatic carbocycles. The molecule has 8 nitrogen and oxygen atoms in total. The first-order valence-electron chi connectivity index (χ1n) is 10.1. The number of alkyl halides is 1. The summed E-state index contributed by atoms with van der Waals surface area (Å²) in [6.07, 6.45) is 2.96. The minimum Gasteiger partial charge on any atom is -0.481 e. The van der Waals surface area contributed by atoms with Crippen molar-refractivity contribution in [3.63, 3.8) is 0 Å². The van der Waals surface area contributed by atoms with Gasteiger partial charge in [-0.1, -0.05) is 42.3 Å². The number of rotatable bonds is 10. The standard InChI is InChI=1S/C21H25Cl2FN4O4S/c1-3-21(19(31)32)15(8-33-11-27-10-26-9-25)28-14(7-24)20(2,18(29)30)17(21)12-5-4-6-13(22)16(12)23/h4-6,10,14-15,17,28H,3,7-8,11H2,1-2H3,(H,26,27)(H,29,30)(H,31,32). The molecule has 5 unspecified atom stereocenters. The number of aliphatic carboxylic acids is 2. The highest BCUT2D eigenvalue weighted by Crippen LogP contribution is 2.58. The first kappa shape index (κ1) is 27.2. The lowest BCUT2D eigenvalue weighted by Gasteiger charge is -2.57. The van der Waals surface area contributed by atoms with Crippen molar-refractivity contribution in [2.24, 2.45) is 15.8 Å². The number of piperidine rings is 1. The van der Waals surface area contributed by atoms with Crippen LogP contribution < -0.4 is 10.6 Å². The van der Waals surface area contributed by atoms with Crippen LogP contribution in [-0.4, -0.2) is 58.9 Å². The van der Waals surface area contributed by atoms with Crippen LogP contribution in [0, 0.1) is 22.3 Å². The lowest BCUT2D eigenvalue weighted by atomic mass is 9.51. The zero-order valence-corrected chi connectivity index (χ0v) is 20.3. The van der Waals surface area contributed by atoms with Gasteiger partial charge in [-0.15, -0.1) is 11.8 Å². The monoisotopic (exact) mass is 518 g/mol.